The Morgan fingerprint density at radius 2 is 1.88 bits per heavy atom. The minimum Gasteiger partial charge on any atom is -0.494 e. The molecule has 0 saturated heterocycles. The highest BCUT2D eigenvalue weighted by Crippen LogP contribution is 2.26. The molecule has 2 aromatic carbocycles. The Hall–Kier alpha value is -2.53. The summed E-state index contributed by atoms with van der Waals surface area (Å²) in [6.07, 6.45) is 5.17. The SMILES string of the molecule is CCCC(=O)NCCCc1nc2ccccc2n1CCCCOc1cc(C)c(Cl)c(C)c1. The van der Waals surface area contributed by atoms with Crippen LogP contribution < -0.4 is 10.1 Å². The van der Waals surface area contributed by atoms with Gasteiger partial charge in [0.2, 0.25) is 5.91 Å². The smallest absolute Gasteiger partial charge is 0.219 e. The van der Waals surface area contributed by atoms with Gasteiger partial charge in [0.05, 0.1) is 17.6 Å². The predicted molar refractivity (Wildman–Crippen MR) is 132 cm³/mol. The van der Waals surface area contributed by atoms with Crippen LogP contribution in [0.5, 0.6) is 5.75 Å². The molecule has 0 saturated carbocycles. The normalized spacial score (nSPS) is 11.1. The number of hydrogen-bond acceptors (Lipinski definition) is 3. The number of carbonyl (C=O) groups is 1. The van der Waals surface area contributed by atoms with E-state index >= 15 is 0 Å². The Morgan fingerprint density at radius 1 is 1.12 bits per heavy atom. The maximum atomic E-state index is 11.7. The van der Waals surface area contributed by atoms with Crippen molar-refractivity contribution >= 4 is 28.5 Å². The third-order valence-electron chi connectivity index (χ3n) is 5.56. The van der Waals surface area contributed by atoms with Crippen LogP contribution in [-0.2, 0) is 17.8 Å². The van der Waals surface area contributed by atoms with Crippen molar-refractivity contribution in [1.29, 1.82) is 0 Å². The van der Waals surface area contributed by atoms with Gasteiger partial charge in [-0.05, 0) is 74.9 Å². The van der Waals surface area contributed by atoms with Gasteiger partial charge in [0.15, 0.2) is 0 Å². The first-order valence-electron chi connectivity index (χ1n) is 11.6. The van der Waals surface area contributed by atoms with Crippen LogP contribution >= 0.6 is 11.6 Å². The zero-order valence-electron chi connectivity index (χ0n) is 19.4. The van der Waals surface area contributed by atoms with Gasteiger partial charge < -0.3 is 14.6 Å². The van der Waals surface area contributed by atoms with E-state index in [0.29, 0.717) is 19.6 Å². The molecular weight excluding hydrogens is 422 g/mol. The van der Waals surface area contributed by atoms with Crippen molar-refractivity contribution in [3.8, 4) is 5.75 Å². The number of para-hydroxylation sites is 2. The maximum Gasteiger partial charge on any atom is 0.219 e. The molecule has 32 heavy (non-hydrogen) atoms. The zero-order chi connectivity index (χ0) is 22.9. The second-order valence-electron chi connectivity index (χ2n) is 8.30. The lowest BCUT2D eigenvalue weighted by molar-refractivity contribution is -0.121. The number of carbonyl (C=O) groups excluding carboxylic acids is 1. The van der Waals surface area contributed by atoms with Crippen molar-refractivity contribution in [3.63, 3.8) is 0 Å². The highest BCUT2D eigenvalue weighted by atomic mass is 35.5. The molecule has 0 aliphatic heterocycles. The first-order chi connectivity index (χ1) is 15.5. The molecule has 0 bridgehead atoms. The summed E-state index contributed by atoms with van der Waals surface area (Å²) in [5, 5.41) is 3.80. The first-order valence-corrected chi connectivity index (χ1v) is 12.0. The Morgan fingerprint density at radius 3 is 2.62 bits per heavy atom. The monoisotopic (exact) mass is 455 g/mol. The highest BCUT2D eigenvalue weighted by molar-refractivity contribution is 6.32. The van der Waals surface area contributed by atoms with E-state index in [1.165, 1.54) is 5.52 Å². The largest absolute Gasteiger partial charge is 0.494 e. The summed E-state index contributed by atoms with van der Waals surface area (Å²) in [7, 11) is 0. The minimum absolute atomic E-state index is 0.132. The molecule has 0 radical (unpaired) electrons. The van der Waals surface area contributed by atoms with Gasteiger partial charge in [-0.2, -0.15) is 0 Å². The lowest BCUT2D eigenvalue weighted by Crippen LogP contribution is -2.24. The van der Waals surface area contributed by atoms with Gasteiger partial charge in [0.1, 0.15) is 11.6 Å². The summed E-state index contributed by atoms with van der Waals surface area (Å²) >= 11 is 6.24. The quantitative estimate of drug-likeness (QED) is 0.340. The number of rotatable bonds is 12. The second kappa shape index (κ2) is 11.9. The number of nitrogens with one attached hydrogen (secondary N) is 1. The van der Waals surface area contributed by atoms with E-state index < -0.39 is 0 Å². The van der Waals surface area contributed by atoms with Crippen LogP contribution in [0.3, 0.4) is 0 Å². The topological polar surface area (TPSA) is 56.2 Å². The molecule has 3 aromatic rings. The zero-order valence-corrected chi connectivity index (χ0v) is 20.2. The summed E-state index contributed by atoms with van der Waals surface area (Å²) in [5.41, 5.74) is 4.28. The van der Waals surface area contributed by atoms with Gasteiger partial charge in [-0.1, -0.05) is 30.7 Å². The average Bonchev–Trinajstić information content (AvgIpc) is 3.12. The lowest BCUT2D eigenvalue weighted by atomic mass is 10.1. The second-order valence-corrected chi connectivity index (χ2v) is 8.68. The number of unbranched alkanes of at least 4 members (excludes halogenated alkanes) is 1. The summed E-state index contributed by atoms with van der Waals surface area (Å²) in [5.74, 6) is 2.09. The van der Waals surface area contributed by atoms with E-state index in [1.807, 2.05) is 39.0 Å². The number of fused-ring (bicyclic) bond motifs is 1. The molecule has 0 fully saturated rings. The van der Waals surface area contributed by atoms with Gasteiger partial charge in [-0.25, -0.2) is 4.98 Å². The van der Waals surface area contributed by atoms with Gasteiger partial charge in [-0.15, -0.1) is 0 Å². The molecule has 1 amide bonds. The molecule has 172 valence electrons. The molecule has 1 aromatic heterocycles. The molecular formula is C26H34ClN3O2. The molecule has 0 spiro atoms. The fourth-order valence-corrected chi connectivity index (χ4v) is 4.02. The third kappa shape index (κ3) is 6.49. The van der Waals surface area contributed by atoms with Crippen LogP contribution in [0.2, 0.25) is 5.02 Å². The number of aromatic nitrogens is 2. The number of benzene rings is 2. The fraction of sp³-hybridized carbons (Fsp3) is 0.462. The van der Waals surface area contributed by atoms with E-state index in [9.17, 15) is 4.79 Å². The lowest BCUT2D eigenvalue weighted by Gasteiger charge is -2.12. The minimum atomic E-state index is 0.132. The van der Waals surface area contributed by atoms with Crippen molar-refractivity contribution in [2.24, 2.45) is 0 Å². The number of imidazole rings is 1. The highest BCUT2D eigenvalue weighted by Gasteiger charge is 2.10. The molecule has 3 rings (SSSR count). The Bertz CT molecular complexity index is 1020. The molecule has 0 aliphatic carbocycles. The number of ether oxygens (including phenoxy) is 1. The van der Waals surface area contributed by atoms with Crippen LogP contribution in [0.4, 0.5) is 0 Å². The summed E-state index contributed by atoms with van der Waals surface area (Å²) in [4.78, 5) is 16.5. The van der Waals surface area contributed by atoms with Crippen LogP contribution in [-0.4, -0.2) is 28.6 Å². The standard InChI is InChI=1S/C26H34ClN3O2/c1-4-10-25(31)28-14-9-13-24-29-22-11-5-6-12-23(22)30(24)15-7-8-16-32-21-17-19(2)26(27)20(3)18-21/h5-6,11-12,17-18H,4,7-10,13-16H2,1-3H3,(H,28,31). The summed E-state index contributed by atoms with van der Waals surface area (Å²) in [6.45, 7) is 8.29. The van der Waals surface area contributed by atoms with Crippen LogP contribution in [0.1, 0.15) is 56.0 Å². The molecule has 1 heterocycles. The number of halogens is 1. The van der Waals surface area contributed by atoms with E-state index in [2.05, 4.69) is 28.1 Å². The van der Waals surface area contributed by atoms with Gasteiger partial charge >= 0.3 is 0 Å². The molecule has 0 aliphatic rings. The number of hydrogen-bond donors (Lipinski definition) is 1. The van der Waals surface area contributed by atoms with E-state index in [4.69, 9.17) is 21.3 Å². The number of amides is 1. The van der Waals surface area contributed by atoms with Crippen molar-refractivity contribution in [1.82, 2.24) is 14.9 Å². The summed E-state index contributed by atoms with van der Waals surface area (Å²) in [6, 6.07) is 12.3. The molecule has 0 unspecified atom stereocenters. The Labute approximate surface area is 196 Å². The Balaban J connectivity index is 1.53. The number of nitrogens with zero attached hydrogens (tertiary/aromatic N) is 2. The third-order valence-corrected chi connectivity index (χ3v) is 6.16. The fourth-order valence-electron chi connectivity index (χ4n) is 3.91. The van der Waals surface area contributed by atoms with Crippen molar-refractivity contribution in [2.75, 3.05) is 13.2 Å². The average molecular weight is 456 g/mol. The van der Waals surface area contributed by atoms with Crippen molar-refractivity contribution in [3.05, 3.63) is 58.4 Å². The first kappa shape index (κ1) is 24.1. The maximum absolute atomic E-state index is 11.7. The van der Waals surface area contributed by atoms with Gasteiger partial charge in [0.25, 0.3) is 0 Å². The molecule has 5 nitrogen and oxygen atoms in total. The van der Waals surface area contributed by atoms with Crippen molar-refractivity contribution in [2.45, 2.75) is 65.8 Å². The molecule has 6 heteroatoms. The van der Waals surface area contributed by atoms with E-state index in [0.717, 1.165) is 71.9 Å². The van der Waals surface area contributed by atoms with Crippen LogP contribution in [0, 0.1) is 13.8 Å². The molecule has 1 N–H and O–H groups in total. The van der Waals surface area contributed by atoms with E-state index in [1.54, 1.807) is 0 Å². The number of aryl methyl sites for hydroxylation is 4. The van der Waals surface area contributed by atoms with E-state index in [-0.39, 0.29) is 5.91 Å². The van der Waals surface area contributed by atoms with Crippen LogP contribution in [0.25, 0.3) is 11.0 Å². The Kier molecular flexibility index (Phi) is 8.98. The predicted octanol–water partition coefficient (Wildman–Crippen LogP) is 6.01. The van der Waals surface area contributed by atoms with Crippen molar-refractivity contribution < 1.29 is 9.53 Å². The summed E-state index contributed by atoms with van der Waals surface area (Å²) < 4.78 is 8.28. The van der Waals surface area contributed by atoms with Gasteiger partial charge in [0, 0.05) is 31.0 Å². The van der Waals surface area contributed by atoms with Gasteiger partial charge in [-0.3, -0.25) is 4.79 Å². The van der Waals surface area contributed by atoms with Crippen LogP contribution in [0.15, 0.2) is 36.4 Å². The molecule has 0 atom stereocenters.